The smallest absolute Gasteiger partial charge is 0.198 e. The third-order valence-electron chi connectivity index (χ3n) is 6.52. The number of aliphatic hydroxyl groups is 1. The molecular formula is C22H26ClN3O3. The Bertz CT molecular complexity index is 914. The van der Waals surface area contributed by atoms with Crippen LogP contribution in [0.1, 0.15) is 29.4 Å². The molecule has 2 aromatic rings. The standard InChI is InChI=1S/C22H26ClN3O3/c23-16-2-1-3-17(11-16)25-8-6-24(7-9-25)12-18(27)13-26-21(28)19-14-4-5-15(10-14)20(19)22(26)29/h1-5,11,14-15,18,27-29H,6-10,12-13H2. The van der Waals surface area contributed by atoms with E-state index in [0.717, 1.165) is 54.4 Å². The van der Waals surface area contributed by atoms with Crippen molar-refractivity contribution in [2.75, 3.05) is 37.6 Å². The minimum Gasteiger partial charge on any atom is -0.494 e. The predicted octanol–water partition coefficient (Wildman–Crippen LogP) is 2.88. The quantitative estimate of drug-likeness (QED) is 0.655. The van der Waals surface area contributed by atoms with E-state index in [1.54, 1.807) is 0 Å². The van der Waals surface area contributed by atoms with E-state index >= 15 is 0 Å². The SMILES string of the molecule is Oc1c2c(c(O)n1CC(O)CN1CCN(c3cccc(Cl)c3)CC1)C1C=CC2C1. The fourth-order valence-electron chi connectivity index (χ4n) is 5.09. The minimum absolute atomic E-state index is 0.110. The fraction of sp³-hybridized carbons (Fsp3) is 0.455. The van der Waals surface area contributed by atoms with Crippen molar-refractivity contribution >= 4 is 17.3 Å². The predicted molar refractivity (Wildman–Crippen MR) is 113 cm³/mol. The van der Waals surface area contributed by atoms with Gasteiger partial charge in [0.25, 0.3) is 0 Å². The normalized spacial score (nSPS) is 24.3. The summed E-state index contributed by atoms with van der Waals surface area (Å²) < 4.78 is 1.48. The third-order valence-corrected chi connectivity index (χ3v) is 6.75. The van der Waals surface area contributed by atoms with E-state index in [-0.39, 0.29) is 30.1 Å². The van der Waals surface area contributed by atoms with Gasteiger partial charge in [0.2, 0.25) is 0 Å². The van der Waals surface area contributed by atoms with Gasteiger partial charge in [-0.1, -0.05) is 29.8 Å². The fourth-order valence-corrected chi connectivity index (χ4v) is 5.28. The molecule has 3 aliphatic rings. The molecule has 3 N–H and O–H groups in total. The molecule has 1 aromatic carbocycles. The lowest BCUT2D eigenvalue weighted by atomic mass is 10.0. The van der Waals surface area contributed by atoms with Crippen LogP contribution in [0, 0.1) is 0 Å². The molecule has 29 heavy (non-hydrogen) atoms. The van der Waals surface area contributed by atoms with Crippen LogP contribution in [-0.4, -0.2) is 63.6 Å². The number of halogens is 1. The Balaban J connectivity index is 1.19. The Morgan fingerprint density at radius 2 is 1.62 bits per heavy atom. The molecule has 1 aromatic heterocycles. The van der Waals surface area contributed by atoms with Crippen LogP contribution in [0.4, 0.5) is 5.69 Å². The summed E-state index contributed by atoms with van der Waals surface area (Å²) in [5.74, 6) is 0.607. The van der Waals surface area contributed by atoms with Gasteiger partial charge in [-0.25, -0.2) is 0 Å². The highest BCUT2D eigenvalue weighted by Gasteiger charge is 2.41. The van der Waals surface area contributed by atoms with Crippen molar-refractivity contribution in [1.29, 1.82) is 0 Å². The maximum absolute atomic E-state index is 10.6. The number of anilines is 1. The van der Waals surface area contributed by atoms with E-state index in [4.69, 9.17) is 11.6 Å². The average Bonchev–Trinajstić information content (AvgIpc) is 3.39. The molecule has 1 aliphatic heterocycles. The van der Waals surface area contributed by atoms with Gasteiger partial charge in [-0.15, -0.1) is 0 Å². The Morgan fingerprint density at radius 1 is 0.966 bits per heavy atom. The zero-order valence-electron chi connectivity index (χ0n) is 16.2. The summed E-state index contributed by atoms with van der Waals surface area (Å²) in [6.45, 7) is 4.14. The average molecular weight is 416 g/mol. The molecular weight excluding hydrogens is 390 g/mol. The van der Waals surface area contributed by atoms with Crippen LogP contribution >= 0.6 is 11.6 Å². The van der Waals surface area contributed by atoms with Gasteiger partial charge in [-0.3, -0.25) is 9.47 Å². The lowest BCUT2D eigenvalue weighted by Gasteiger charge is -2.37. The molecule has 0 spiro atoms. The van der Waals surface area contributed by atoms with Gasteiger partial charge >= 0.3 is 0 Å². The summed E-state index contributed by atoms with van der Waals surface area (Å²) in [5, 5.41) is 32.6. The molecule has 2 aliphatic carbocycles. The van der Waals surface area contributed by atoms with E-state index < -0.39 is 6.10 Å². The zero-order valence-corrected chi connectivity index (χ0v) is 17.0. The van der Waals surface area contributed by atoms with Crippen molar-refractivity contribution in [3.8, 4) is 11.8 Å². The Hall–Kier alpha value is -2.15. The highest BCUT2D eigenvalue weighted by atomic mass is 35.5. The Labute approximate surface area is 175 Å². The van der Waals surface area contributed by atoms with Crippen molar-refractivity contribution in [2.45, 2.75) is 30.9 Å². The van der Waals surface area contributed by atoms with E-state index in [1.165, 1.54) is 4.57 Å². The lowest BCUT2D eigenvalue weighted by molar-refractivity contribution is 0.0907. The molecule has 3 unspecified atom stereocenters. The second-order valence-corrected chi connectivity index (χ2v) is 8.78. The van der Waals surface area contributed by atoms with Gasteiger partial charge in [0.05, 0.1) is 12.6 Å². The molecule has 1 saturated heterocycles. The zero-order chi connectivity index (χ0) is 20.1. The van der Waals surface area contributed by atoms with Gasteiger partial charge in [0, 0.05) is 66.4 Å². The first-order valence-electron chi connectivity index (χ1n) is 10.2. The number of aromatic hydroxyl groups is 2. The second-order valence-electron chi connectivity index (χ2n) is 8.34. The number of nitrogens with zero attached hydrogens (tertiary/aromatic N) is 3. The maximum atomic E-state index is 10.6. The number of piperazine rings is 1. The Kier molecular flexibility index (Phi) is 4.73. The molecule has 1 fully saturated rings. The van der Waals surface area contributed by atoms with Gasteiger partial charge in [-0.05, 0) is 24.6 Å². The molecule has 0 saturated carbocycles. The van der Waals surface area contributed by atoms with Crippen LogP contribution in [0.3, 0.4) is 0 Å². The monoisotopic (exact) mass is 415 g/mol. The molecule has 7 heteroatoms. The second kappa shape index (κ2) is 7.27. The summed E-state index contributed by atoms with van der Waals surface area (Å²) in [6.07, 6.45) is 4.48. The topological polar surface area (TPSA) is 72.1 Å². The number of benzene rings is 1. The Morgan fingerprint density at radius 3 is 2.24 bits per heavy atom. The first-order valence-corrected chi connectivity index (χ1v) is 10.6. The van der Waals surface area contributed by atoms with Crippen molar-refractivity contribution in [2.24, 2.45) is 0 Å². The number of hydrogen-bond acceptors (Lipinski definition) is 5. The number of aromatic nitrogens is 1. The first kappa shape index (κ1) is 18.9. The van der Waals surface area contributed by atoms with Crippen molar-refractivity contribution in [1.82, 2.24) is 9.47 Å². The van der Waals surface area contributed by atoms with Crippen LogP contribution in [0.15, 0.2) is 36.4 Å². The summed E-state index contributed by atoms with van der Waals surface area (Å²) in [5.41, 5.74) is 2.81. The van der Waals surface area contributed by atoms with Crippen LogP contribution in [0.2, 0.25) is 5.02 Å². The molecule has 5 rings (SSSR count). The van der Waals surface area contributed by atoms with Crippen LogP contribution in [0.25, 0.3) is 0 Å². The summed E-state index contributed by atoms with van der Waals surface area (Å²) in [4.78, 5) is 4.52. The van der Waals surface area contributed by atoms with E-state index in [0.29, 0.717) is 6.54 Å². The van der Waals surface area contributed by atoms with Crippen LogP contribution < -0.4 is 4.90 Å². The van der Waals surface area contributed by atoms with Crippen LogP contribution in [-0.2, 0) is 6.54 Å². The lowest BCUT2D eigenvalue weighted by Crippen LogP contribution is -2.49. The molecule has 2 bridgehead atoms. The maximum Gasteiger partial charge on any atom is 0.198 e. The summed E-state index contributed by atoms with van der Waals surface area (Å²) in [6, 6.07) is 7.88. The van der Waals surface area contributed by atoms with Crippen molar-refractivity contribution in [3.05, 3.63) is 52.6 Å². The largest absolute Gasteiger partial charge is 0.494 e. The third kappa shape index (κ3) is 3.29. The molecule has 2 heterocycles. The van der Waals surface area contributed by atoms with Crippen molar-refractivity contribution < 1.29 is 15.3 Å². The first-order chi connectivity index (χ1) is 14.0. The van der Waals surface area contributed by atoms with Crippen LogP contribution in [0.5, 0.6) is 11.8 Å². The molecule has 6 nitrogen and oxygen atoms in total. The number of aliphatic hydroxyl groups excluding tert-OH is 1. The molecule has 154 valence electrons. The van der Waals surface area contributed by atoms with Crippen molar-refractivity contribution in [3.63, 3.8) is 0 Å². The van der Waals surface area contributed by atoms with Gasteiger partial charge in [-0.2, -0.15) is 0 Å². The minimum atomic E-state index is -0.664. The highest BCUT2D eigenvalue weighted by molar-refractivity contribution is 6.30. The number of β-amino-alcohol motifs (C(OH)–C–C–N with tert-alkyl or cyclic N) is 1. The van der Waals surface area contributed by atoms with Gasteiger partial charge in [0.15, 0.2) is 11.8 Å². The van der Waals surface area contributed by atoms with E-state index in [2.05, 4.69) is 28.0 Å². The molecule has 0 amide bonds. The summed E-state index contributed by atoms with van der Waals surface area (Å²) >= 11 is 6.10. The highest BCUT2D eigenvalue weighted by Crippen LogP contribution is 2.56. The van der Waals surface area contributed by atoms with E-state index in [1.807, 2.05) is 18.2 Å². The van der Waals surface area contributed by atoms with E-state index in [9.17, 15) is 15.3 Å². The molecule has 0 radical (unpaired) electrons. The summed E-state index contributed by atoms with van der Waals surface area (Å²) in [7, 11) is 0. The number of allylic oxidation sites excluding steroid dienone is 2. The van der Waals surface area contributed by atoms with Gasteiger partial charge < -0.3 is 20.2 Å². The number of hydrogen-bond donors (Lipinski definition) is 3. The van der Waals surface area contributed by atoms with Gasteiger partial charge in [0.1, 0.15) is 0 Å². The number of fused-ring (bicyclic) bond motifs is 5. The molecule has 3 atom stereocenters. The number of rotatable bonds is 5.